The van der Waals surface area contributed by atoms with Crippen LogP contribution in [0.1, 0.15) is 30.1 Å². The average Bonchev–Trinajstić information content (AvgIpc) is 3.16. The fourth-order valence-corrected chi connectivity index (χ4v) is 3.39. The van der Waals surface area contributed by atoms with Gasteiger partial charge in [-0.2, -0.15) is 0 Å². The summed E-state index contributed by atoms with van der Waals surface area (Å²) in [6, 6.07) is 14.4. The van der Waals surface area contributed by atoms with Crippen molar-refractivity contribution in [3.8, 4) is 11.5 Å². The van der Waals surface area contributed by atoms with Gasteiger partial charge in [0.2, 0.25) is 5.89 Å². The second kappa shape index (κ2) is 7.84. The smallest absolute Gasteiger partial charge is 0.339 e. The van der Waals surface area contributed by atoms with E-state index in [9.17, 15) is 9.59 Å². The molecule has 0 unspecified atom stereocenters. The number of piperidine rings is 1. The Morgan fingerprint density at radius 3 is 2.61 bits per heavy atom. The molecule has 1 aliphatic rings. The predicted octanol–water partition coefficient (Wildman–Crippen LogP) is 3.91. The Kier molecular flexibility index (Phi) is 5.10. The summed E-state index contributed by atoms with van der Waals surface area (Å²) in [6.45, 7) is 3.37. The van der Waals surface area contributed by atoms with E-state index in [0.29, 0.717) is 28.5 Å². The van der Waals surface area contributed by atoms with Crippen molar-refractivity contribution in [2.45, 2.75) is 19.8 Å². The first-order valence-electron chi connectivity index (χ1n) is 9.51. The first-order valence-corrected chi connectivity index (χ1v) is 9.51. The third-order valence-corrected chi connectivity index (χ3v) is 5.13. The number of benzene rings is 2. The van der Waals surface area contributed by atoms with Crippen LogP contribution in [0, 0.1) is 5.92 Å². The number of likely N-dealkylation sites (tertiary alicyclic amines) is 1. The average molecular weight is 378 g/mol. The summed E-state index contributed by atoms with van der Waals surface area (Å²) in [5.74, 6) is 0.274. The summed E-state index contributed by atoms with van der Waals surface area (Å²) in [6.07, 6.45) is 1.97. The van der Waals surface area contributed by atoms with Gasteiger partial charge in [-0.05, 0) is 43.0 Å². The molecule has 1 aliphatic heterocycles. The normalized spacial score (nSPS) is 15.0. The minimum atomic E-state index is -0.559. The lowest BCUT2D eigenvalue weighted by Crippen LogP contribution is -2.40. The molecule has 2 heterocycles. The molecule has 3 aromatic rings. The van der Waals surface area contributed by atoms with Gasteiger partial charge in [-0.3, -0.25) is 4.79 Å². The Hall–Kier alpha value is -3.15. The van der Waals surface area contributed by atoms with Gasteiger partial charge in [-0.1, -0.05) is 31.2 Å². The Balaban J connectivity index is 1.48. The van der Waals surface area contributed by atoms with Gasteiger partial charge < -0.3 is 14.1 Å². The first kappa shape index (κ1) is 18.2. The molecule has 0 spiro atoms. The number of ether oxygens (including phenoxy) is 1. The van der Waals surface area contributed by atoms with E-state index in [-0.39, 0.29) is 12.5 Å². The monoisotopic (exact) mass is 378 g/mol. The zero-order valence-corrected chi connectivity index (χ0v) is 15.8. The number of carbonyl (C=O) groups excluding carboxylic acids is 2. The minimum absolute atomic E-state index is 0.153. The van der Waals surface area contributed by atoms with Crippen molar-refractivity contribution in [2.24, 2.45) is 5.92 Å². The molecular formula is C22H22N2O4. The molecule has 0 N–H and O–H groups in total. The summed E-state index contributed by atoms with van der Waals surface area (Å²) in [4.78, 5) is 31.2. The summed E-state index contributed by atoms with van der Waals surface area (Å²) in [7, 11) is 0. The molecule has 1 fully saturated rings. The van der Waals surface area contributed by atoms with Crippen molar-refractivity contribution in [3.05, 3.63) is 54.1 Å². The summed E-state index contributed by atoms with van der Waals surface area (Å²) >= 11 is 0. The minimum Gasteiger partial charge on any atom is -0.452 e. The molecule has 0 saturated carbocycles. The van der Waals surface area contributed by atoms with Crippen LogP contribution in [0.4, 0.5) is 0 Å². The molecule has 6 heteroatoms. The van der Waals surface area contributed by atoms with E-state index in [1.165, 1.54) is 0 Å². The van der Waals surface area contributed by atoms with Crippen LogP contribution in [0.3, 0.4) is 0 Å². The number of esters is 1. The van der Waals surface area contributed by atoms with E-state index in [1.807, 2.05) is 24.3 Å². The van der Waals surface area contributed by atoms with Crippen molar-refractivity contribution < 1.29 is 18.7 Å². The Bertz CT molecular complexity index is 969. The van der Waals surface area contributed by atoms with Crippen molar-refractivity contribution in [1.82, 2.24) is 9.88 Å². The van der Waals surface area contributed by atoms with Gasteiger partial charge in [0.05, 0.1) is 11.1 Å². The van der Waals surface area contributed by atoms with Gasteiger partial charge in [-0.15, -0.1) is 0 Å². The molecule has 0 aliphatic carbocycles. The summed E-state index contributed by atoms with van der Waals surface area (Å²) in [5, 5.41) is 0. The quantitative estimate of drug-likeness (QED) is 0.644. The second-order valence-electron chi connectivity index (χ2n) is 7.17. The maximum absolute atomic E-state index is 12.6. The van der Waals surface area contributed by atoms with Crippen LogP contribution < -0.4 is 0 Å². The Morgan fingerprint density at radius 1 is 1.11 bits per heavy atom. The molecule has 1 saturated heterocycles. The lowest BCUT2D eigenvalue weighted by atomic mass is 9.99. The van der Waals surface area contributed by atoms with Gasteiger partial charge in [0, 0.05) is 13.1 Å². The van der Waals surface area contributed by atoms with Crippen LogP contribution in [-0.2, 0) is 9.53 Å². The number of hydrogen-bond donors (Lipinski definition) is 0. The van der Waals surface area contributed by atoms with E-state index in [0.717, 1.165) is 31.4 Å². The molecule has 0 radical (unpaired) electrons. The Morgan fingerprint density at radius 2 is 1.82 bits per heavy atom. The highest BCUT2D eigenvalue weighted by Gasteiger charge is 2.23. The van der Waals surface area contributed by atoms with Gasteiger partial charge >= 0.3 is 5.97 Å². The zero-order chi connectivity index (χ0) is 19.5. The lowest BCUT2D eigenvalue weighted by Gasteiger charge is -2.30. The van der Waals surface area contributed by atoms with Gasteiger partial charge in [0.1, 0.15) is 5.52 Å². The zero-order valence-electron chi connectivity index (χ0n) is 15.8. The molecule has 2 aromatic carbocycles. The second-order valence-corrected chi connectivity index (χ2v) is 7.17. The van der Waals surface area contributed by atoms with Crippen LogP contribution >= 0.6 is 0 Å². The number of rotatable bonds is 4. The molecule has 6 nitrogen and oxygen atoms in total. The highest BCUT2D eigenvalue weighted by atomic mass is 16.5. The van der Waals surface area contributed by atoms with Crippen molar-refractivity contribution >= 4 is 23.0 Å². The molecule has 0 atom stereocenters. The van der Waals surface area contributed by atoms with E-state index >= 15 is 0 Å². The third-order valence-electron chi connectivity index (χ3n) is 5.13. The van der Waals surface area contributed by atoms with Crippen molar-refractivity contribution in [2.75, 3.05) is 19.7 Å². The number of fused-ring (bicyclic) bond motifs is 1. The molecule has 0 bridgehead atoms. The van der Waals surface area contributed by atoms with Crippen LogP contribution in [0.2, 0.25) is 0 Å². The maximum atomic E-state index is 12.6. The predicted molar refractivity (Wildman–Crippen MR) is 105 cm³/mol. The largest absolute Gasteiger partial charge is 0.452 e. The molecule has 28 heavy (non-hydrogen) atoms. The topological polar surface area (TPSA) is 72.6 Å². The standard InChI is InChI=1S/C22H22N2O4/c1-15-10-12-24(13-11-15)20(25)14-27-22(26)17-7-3-2-6-16(17)21-23-18-8-4-5-9-19(18)28-21/h2-9,15H,10-14H2,1H3. The van der Waals surface area contributed by atoms with E-state index < -0.39 is 5.97 Å². The molecule has 1 amide bonds. The highest BCUT2D eigenvalue weighted by Crippen LogP contribution is 2.27. The fraction of sp³-hybridized carbons (Fsp3) is 0.318. The number of amides is 1. The molecular weight excluding hydrogens is 356 g/mol. The van der Waals surface area contributed by atoms with Crippen LogP contribution in [-0.4, -0.2) is 41.5 Å². The maximum Gasteiger partial charge on any atom is 0.339 e. The number of hydrogen-bond acceptors (Lipinski definition) is 5. The fourth-order valence-electron chi connectivity index (χ4n) is 3.39. The number of oxazole rings is 1. The van der Waals surface area contributed by atoms with E-state index in [1.54, 1.807) is 29.2 Å². The SMILES string of the molecule is CC1CCN(C(=O)COC(=O)c2ccccc2-c2nc3ccccc3o2)CC1. The van der Waals surface area contributed by atoms with Crippen molar-refractivity contribution in [1.29, 1.82) is 0 Å². The third kappa shape index (κ3) is 3.76. The van der Waals surface area contributed by atoms with E-state index in [4.69, 9.17) is 9.15 Å². The van der Waals surface area contributed by atoms with Crippen LogP contribution in [0.5, 0.6) is 0 Å². The van der Waals surface area contributed by atoms with Crippen LogP contribution in [0.15, 0.2) is 52.9 Å². The van der Waals surface area contributed by atoms with E-state index in [2.05, 4.69) is 11.9 Å². The summed E-state index contributed by atoms with van der Waals surface area (Å²) in [5.41, 5.74) is 2.24. The van der Waals surface area contributed by atoms with Crippen molar-refractivity contribution in [3.63, 3.8) is 0 Å². The highest BCUT2D eigenvalue weighted by molar-refractivity contribution is 5.97. The van der Waals surface area contributed by atoms with Gasteiger partial charge in [-0.25, -0.2) is 9.78 Å². The van der Waals surface area contributed by atoms with Crippen LogP contribution in [0.25, 0.3) is 22.6 Å². The molecule has 1 aromatic heterocycles. The number of aromatic nitrogens is 1. The summed E-state index contributed by atoms with van der Waals surface area (Å²) < 4.78 is 11.1. The molecule has 4 rings (SSSR count). The molecule has 144 valence electrons. The van der Waals surface area contributed by atoms with Gasteiger partial charge in [0.15, 0.2) is 12.2 Å². The number of para-hydroxylation sites is 2. The number of nitrogens with zero attached hydrogens (tertiary/aromatic N) is 2. The lowest BCUT2D eigenvalue weighted by molar-refractivity contribution is -0.135. The first-order chi connectivity index (χ1) is 13.6. The van der Waals surface area contributed by atoms with Gasteiger partial charge in [0.25, 0.3) is 5.91 Å². The Labute approximate surface area is 163 Å². The number of carbonyl (C=O) groups is 2.